The highest BCUT2D eigenvalue weighted by molar-refractivity contribution is 6.03. The summed E-state index contributed by atoms with van der Waals surface area (Å²) < 4.78 is 11.3. The molecule has 136 valence electrons. The minimum Gasteiger partial charge on any atom is -0.493 e. The molecule has 1 aliphatic carbocycles. The maximum Gasteiger partial charge on any atom is 0.254 e. The first-order chi connectivity index (χ1) is 12.0. The summed E-state index contributed by atoms with van der Waals surface area (Å²) >= 11 is 0. The molecule has 1 aromatic carbocycles. The molecule has 1 amide bonds. The van der Waals surface area contributed by atoms with Crippen molar-refractivity contribution in [2.24, 2.45) is 10.4 Å². The second-order valence-corrected chi connectivity index (χ2v) is 7.45. The Morgan fingerprint density at radius 1 is 1.28 bits per heavy atom. The van der Waals surface area contributed by atoms with Gasteiger partial charge in [0.2, 0.25) is 0 Å². The lowest BCUT2D eigenvalue weighted by Crippen LogP contribution is -2.36. The number of methoxy groups -OCH3 is 1. The number of carbonyl (C=O) groups excluding carboxylic acids is 1. The molecule has 1 heterocycles. The first-order valence-electron chi connectivity index (χ1n) is 9.24. The molecule has 0 aromatic heterocycles. The van der Waals surface area contributed by atoms with E-state index in [1.54, 1.807) is 13.2 Å². The SMILES string of the molecule is CCCCCOc1cc2c(cc1OC)C(=O)N[C@@H](CC1(C)CC1)C=N2. The highest BCUT2D eigenvalue weighted by atomic mass is 16.5. The summed E-state index contributed by atoms with van der Waals surface area (Å²) in [5, 5.41) is 3.08. The van der Waals surface area contributed by atoms with Crippen LogP contribution in [0.4, 0.5) is 5.69 Å². The number of ether oxygens (including phenoxy) is 2. The van der Waals surface area contributed by atoms with E-state index in [2.05, 4.69) is 24.2 Å². The lowest BCUT2D eigenvalue weighted by Gasteiger charge is -2.17. The van der Waals surface area contributed by atoms with Gasteiger partial charge >= 0.3 is 0 Å². The number of nitrogens with zero attached hydrogens (tertiary/aromatic N) is 1. The van der Waals surface area contributed by atoms with Crippen LogP contribution in [0.2, 0.25) is 0 Å². The molecule has 25 heavy (non-hydrogen) atoms. The molecule has 5 nitrogen and oxygen atoms in total. The van der Waals surface area contributed by atoms with E-state index in [9.17, 15) is 4.79 Å². The number of aliphatic imine (C=N–C) groups is 1. The van der Waals surface area contributed by atoms with E-state index in [1.165, 1.54) is 12.8 Å². The number of rotatable bonds is 8. The normalized spacial score (nSPS) is 20.4. The van der Waals surface area contributed by atoms with Gasteiger partial charge in [-0.2, -0.15) is 0 Å². The fourth-order valence-electron chi connectivity index (χ4n) is 3.15. The zero-order valence-corrected chi connectivity index (χ0v) is 15.4. The Balaban J connectivity index is 1.78. The number of carbonyl (C=O) groups is 1. The summed E-state index contributed by atoms with van der Waals surface area (Å²) in [5.74, 6) is 1.13. The third kappa shape index (κ3) is 4.33. The Morgan fingerprint density at radius 2 is 2.08 bits per heavy atom. The summed E-state index contributed by atoms with van der Waals surface area (Å²) in [6.07, 6.45) is 8.53. The van der Waals surface area contributed by atoms with Crippen LogP contribution in [0, 0.1) is 5.41 Å². The Kier molecular flexibility index (Phi) is 5.30. The molecule has 3 rings (SSSR count). The van der Waals surface area contributed by atoms with Crippen LogP contribution in [-0.2, 0) is 0 Å². The molecule has 0 radical (unpaired) electrons. The van der Waals surface area contributed by atoms with Gasteiger partial charge < -0.3 is 14.8 Å². The number of hydrogen-bond acceptors (Lipinski definition) is 4. The molecule has 1 atom stereocenters. The molecule has 1 N–H and O–H groups in total. The molecule has 1 aromatic rings. The quantitative estimate of drug-likeness (QED) is 0.717. The van der Waals surface area contributed by atoms with Gasteiger partial charge in [0.05, 0.1) is 31.0 Å². The average molecular weight is 344 g/mol. The van der Waals surface area contributed by atoms with Crippen molar-refractivity contribution >= 4 is 17.8 Å². The Bertz CT molecular complexity index is 665. The molecule has 5 heteroatoms. The molecule has 2 aliphatic rings. The van der Waals surface area contributed by atoms with Crippen molar-refractivity contribution in [2.75, 3.05) is 13.7 Å². The summed E-state index contributed by atoms with van der Waals surface area (Å²) in [5.41, 5.74) is 1.54. The topological polar surface area (TPSA) is 59.9 Å². The van der Waals surface area contributed by atoms with E-state index < -0.39 is 0 Å². The first-order valence-corrected chi connectivity index (χ1v) is 9.24. The van der Waals surface area contributed by atoms with Crippen LogP contribution in [0.25, 0.3) is 0 Å². The third-order valence-electron chi connectivity index (χ3n) is 5.06. The van der Waals surface area contributed by atoms with Gasteiger partial charge in [-0.1, -0.05) is 26.7 Å². The molecule has 1 aliphatic heterocycles. The van der Waals surface area contributed by atoms with Crippen LogP contribution in [-0.4, -0.2) is 31.9 Å². The number of unbranched alkanes of at least 4 members (excludes halogenated alkanes) is 2. The zero-order chi connectivity index (χ0) is 17.9. The minimum absolute atomic E-state index is 0.0210. The highest BCUT2D eigenvalue weighted by Crippen LogP contribution is 2.49. The average Bonchev–Trinajstić information content (AvgIpc) is 3.34. The molecule has 0 unspecified atom stereocenters. The predicted molar refractivity (Wildman–Crippen MR) is 99.4 cm³/mol. The van der Waals surface area contributed by atoms with Crippen LogP contribution in [0.15, 0.2) is 17.1 Å². The Hall–Kier alpha value is -2.04. The van der Waals surface area contributed by atoms with Gasteiger partial charge in [0.25, 0.3) is 5.91 Å². The smallest absolute Gasteiger partial charge is 0.254 e. The van der Waals surface area contributed by atoms with Gasteiger partial charge in [0, 0.05) is 12.3 Å². The zero-order valence-electron chi connectivity index (χ0n) is 15.4. The van der Waals surface area contributed by atoms with Gasteiger partial charge in [-0.05, 0) is 37.2 Å². The van der Waals surface area contributed by atoms with Gasteiger partial charge in [0.1, 0.15) is 0 Å². The van der Waals surface area contributed by atoms with Gasteiger partial charge in [-0.15, -0.1) is 0 Å². The second kappa shape index (κ2) is 7.46. The molecular weight excluding hydrogens is 316 g/mol. The fourth-order valence-corrected chi connectivity index (χ4v) is 3.15. The van der Waals surface area contributed by atoms with Gasteiger partial charge in [0.15, 0.2) is 11.5 Å². The molecular formula is C20H28N2O3. The van der Waals surface area contributed by atoms with Gasteiger partial charge in [-0.25, -0.2) is 0 Å². The maximum absolute atomic E-state index is 12.6. The van der Waals surface area contributed by atoms with Crippen LogP contribution >= 0.6 is 0 Å². The predicted octanol–water partition coefficient (Wildman–Crippen LogP) is 4.27. The largest absolute Gasteiger partial charge is 0.493 e. The Morgan fingerprint density at radius 3 is 2.76 bits per heavy atom. The minimum atomic E-state index is -0.0995. The molecule has 0 spiro atoms. The van der Waals surface area contributed by atoms with Crippen molar-refractivity contribution in [1.82, 2.24) is 5.32 Å². The van der Waals surface area contributed by atoms with Crippen LogP contribution in [0.1, 0.15) is 62.7 Å². The Labute approximate surface area is 149 Å². The van der Waals surface area contributed by atoms with Crippen molar-refractivity contribution in [3.8, 4) is 11.5 Å². The van der Waals surface area contributed by atoms with E-state index in [-0.39, 0.29) is 11.9 Å². The number of hydrogen-bond donors (Lipinski definition) is 1. The first kappa shape index (κ1) is 17.8. The van der Waals surface area contributed by atoms with Gasteiger partial charge in [-0.3, -0.25) is 9.79 Å². The second-order valence-electron chi connectivity index (χ2n) is 7.45. The molecule has 0 saturated heterocycles. The highest BCUT2D eigenvalue weighted by Gasteiger charge is 2.39. The molecule has 1 fully saturated rings. The van der Waals surface area contributed by atoms with Crippen molar-refractivity contribution in [2.45, 2.75) is 58.4 Å². The standard InChI is InChI=1S/C20H28N2O3/c1-4-5-6-9-25-18-11-16-15(10-17(18)24-3)19(23)22-14(13-21-16)12-20(2)7-8-20/h10-11,13-14H,4-9,12H2,1-3H3,(H,22,23)/t14-/m0/s1. The number of benzene rings is 1. The summed E-state index contributed by atoms with van der Waals surface area (Å²) in [6, 6.07) is 3.53. The molecule has 1 saturated carbocycles. The van der Waals surface area contributed by atoms with E-state index >= 15 is 0 Å². The lowest BCUT2D eigenvalue weighted by atomic mass is 10.00. The molecule has 0 bridgehead atoms. The maximum atomic E-state index is 12.6. The van der Waals surface area contributed by atoms with Crippen LogP contribution < -0.4 is 14.8 Å². The third-order valence-corrected chi connectivity index (χ3v) is 5.06. The van der Waals surface area contributed by atoms with E-state index in [1.807, 2.05) is 12.3 Å². The van der Waals surface area contributed by atoms with E-state index in [0.29, 0.717) is 34.8 Å². The van der Waals surface area contributed by atoms with E-state index in [4.69, 9.17) is 9.47 Å². The van der Waals surface area contributed by atoms with Crippen LogP contribution in [0.3, 0.4) is 0 Å². The summed E-state index contributed by atoms with van der Waals surface area (Å²) in [7, 11) is 1.59. The number of fused-ring (bicyclic) bond motifs is 1. The fraction of sp³-hybridized carbons (Fsp3) is 0.600. The number of nitrogens with one attached hydrogen (secondary N) is 1. The van der Waals surface area contributed by atoms with E-state index in [0.717, 1.165) is 25.7 Å². The van der Waals surface area contributed by atoms with Crippen LogP contribution in [0.5, 0.6) is 11.5 Å². The van der Waals surface area contributed by atoms with Crippen molar-refractivity contribution in [3.05, 3.63) is 17.7 Å². The number of amides is 1. The van der Waals surface area contributed by atoms with Crippen molar-refractivity contribution in [1.29, 1.82) is 0 Å². The lowest BCUT2D eigenvalue weighted by molar-refractivity contribution is 0.0945. The van der Waals surface area contributed by atoms with Crippen molar-refractivity contribution in [3.63, 3.8) is 0 Å². The monoisotopic (exact) mass is 344 g/mol. The van der Waals surface area contributed by atoms with Crippen molar-refractivity contribution < 1.29 is 14.3 Å². The summed E-state index contributed by atoms with van der Waals surface area (Å²) in [6.45, 7) is 5.06. The summed E-state index contributed by atoms with van der Waals surface area (Å²) in [4.78, 5) is 17.2.